The van der Waals surface area contributed by atoms with Crippen molar-refractivity contribution in [3.63, 3.8) is 0 Å². The normalized spacial score (nSPS) is 10.1. The molecule has 2 rings (SSSR count). The first-order chi connectivity index (χ1) is 10.1. The molecule has 0 saturated heterocycles. The Hall–Kier alpha value is -2.73. The molecule has 1 aromatic carbocycles. The van der Waals surface area contributed by atoms with E-state index in [1.165, 1.54) is 18.3 Å². The number of hydrogen-bond acceptors (Lipinski definition) is 4. The maximum absolute atomic E-state index is 11.9. The van der Waals surface area contributed by atoms with E-state index in [9.17, 15) is 9.59 Å². The van der Waals surface area contributed by atoms with Crippen molar-refractivity contribution in [2.45, 2.75) is 13.2 Å². The zero-order valence-corrected chi connectivity index (χ0v) is 11.1. The average molecular weight is 286 g/mol. The molecule has 1 heterocycles. The molecule has 0 unspecified atom stereocenters. The fourth-order valence-corrected chi connectivity index (χ4v) is 1.74. The van der Waals surface area contributed by atoms with Crippen molar-refractivity contribution in [1.82, 2.24) is 10.3 Å². The molecule has 0 atom stereocenters. The Bertz CT molecular complexity index is 653. The number of carboxylic acid groups (broad SMARTS) is 1. The fourth-order valence-electron chi connectivity index (χ4n) is 1.74. The van der Waals surface area contributed by atoms with Gasteiger partial charge in [0.1, 0.15) is 0 Å². The van der Waals surface area contributed by atoms with Crippen molar-refractivity contribution in [2.75, 3.05) is 0 Å². The van der Waals surface area contributed by atoms with Gasteiger partial charge in [-0.25, -0.2) is 4.79 Å². The molecule has 0 radical (unpaired) electrons. The van der Waals surface area contributed by atoms with E-state index in [0.717, 1.165) is 5.56 Å². The molecule has 0 aliphatic rings. The Morgan fingerprint density at radius 3 is 2.43 bits per heavy atom. The smallest absolute Gasteiger partial charge is 0.335 e. The Labute approximate surface area is 121 Å². The molecule has 21 heavy (non-hydrogen) atoms. The van der Waals surface area contributed by atoms with Crippen LogP contribution >= 0.6 is 0 Å². The van der Waals surface area contributed by atoms with Crippen LogP contribution in [-0.2, 0) is 13.2 Å². The third kappa shape index (κ3) is 3.87. The van der Waals surface area contributed by atoms with Crippen LogP contribution in [0.3, 0.4) is 0 Å². The first kappa shape index (κ1) is 14.7. The summed E-state index contributed by atoms with van der Waals surface area (Å²) in [7, 11) is 0. The van der Waals surface area contributed by atoms with Crippen molar-refractivity contribution in [2.24, 2.45) is 0 Å². The van der Waals surface area contributed by atoms with E-state index >= 15 is 0 Å². The van der Waals surface area contributed by atoms with Gasteiger partial charge in [-0.15, -0.1) is 0 Å². The second-order valence-corrected chi connectivity index (χ2v) is 4.38. The first-order valence-electron chi connectivity index (χ1n) is 6.26. The Morgan fingerprint density at radius 2 is 1.81 bits per heavy atom. The maximum atomic E-state index is 11.9. The highest BCUT2D eigenvalue weighted by Crippen LogP contribution is 2.05. The van der Waals surface area contributed by atoms with Crippen LogP contribution in [-0.4, -0.2) is 27.1 Å². The highest BCUT2D eigenvalue weighted by Gasteiger charge is 2.07. The van der Waals surface area contributed by atoms with Gasteiger partial charge in [0, 0.05) is 11.8 Å². The summed E-state index contributed by atoms with van der Waals surface area (Å²) in [6.45, 7) is 0.0650. The molecule has 3 N–H and O–H groups in total. The quantitative estimate of drug-likeness (QED) is 0.767. The maximum Gasteiger partial charge on any atom is 0.335 e. The molecular weight excluding hydrogens is 272 g/mol. The van der Waals surface area contributed by atoms with Gasteiger partial charge in [-0.1, -0.05) is 12.1 Å². The summed E-state index contributed by atoms with van der Waals surface area (Å²) in [5, 5.41) is 20.5. The SMILES string of the molecule is O=C(O)c1ccnc(CNC(=O)c2ccc(CO)cc2)c1. The van der Waals surface area contributed by atoms with Crippen molar-refractivity contribution < 1.29 is 19.8 Å². The number of nitrogens with zero attached hydrogens (tertiary/aromatic N) is 1. The van der Waals surface area contributed by atoms with Crippen molar-refractivity contribution >= 4 is 11.9 Å². The minimum atomic E-state index is -1.04. The molecule has 0 saturated carbocycles. The molecule has 0 aliphatic heterocycles. The lowest BCUT2D eigenvalue weighted by Crippen LogP contribution is -2.23. The second kappa shape index (κ2) is 6.62. The Kier molecular flexibility index (Phi) is 4.63. The summed E-state index contributed by atoms with van der Waals surface area (Å²) in [6.07, 6.45) is 1.39. The largest absolute Gasteiger partial charge is 0.478 e. The molecule has 6 nitrogen and oxygen atoms in total. The van der Waals surface area contributed by atoms with Gasteiger partial charge in [0.2, 0.25) is 0 Å². The Morgan fingerprint density at radius 1 is 1.10 bits per heavy atom. The van der Waals surface area contributed by atoms with E-state index < -0.39 is 5.97 Å². The second-order valence-electron chi connectivity index (χ2n) is 4.38. The third-order valence-electron chi connectivity index (χ3n) is 2.89. The van der Waals surface area contributed by atoms with Crippen LogP contribution in [0.25, 0.3) is 0 Å². The van der Waals surface area contributed by atoms with Crippen LogP contribution in [0.2, 0.25) is 0 Å². The van der Waals surface area contributed by atoms with E-state index in [4.69, 9.17) is 10.2 Å². The van der Waals surface area contributed by atoms with Crippen LogP contribution in [0.15, 0.2) is 42.6 Å². The summed E-state index contributed by atoms with van der Waals surface area (Å²) in [4.78, 5) is 26.8. The zero-order chi connectivity index (χ0) is 15.2. The van der Waals surface area contributed by atoms with E-state index in [1.807, 2.05) is 0 Å². The predicted octanol–water partition coefficient (Wildman–Crippen LogP) is 1.20. The van der Waals surface area contributed by atoms with Crippen LogP contribution in [0, 0.1) is 0 Å². The average Bonchev–Trinajstić information content (AvgIpc) is 2.53. The molecular formula is C15H14N2O4. The highest BCUT2D eigenvalue weighted by atomic mass is 16.4. The molecule has 2 aromatic rings. The van der Waals surface area contributed by atoms with Crippen LogP contribution in [0.1, 0.15) is 32.0 Å². The molecule has 0 fully saturated rings. The predicted molar refractivity (Wildman–Crippen MR) is 74.7 cm³/mol. The minimum absolute atomic E-state index is 0.0756. The molecule has 6 heteroatoms. The molecule has 0 spiro atoms. The number of aromatic carboxylic acids is 1. The van der Waals surface area contributed by atoms with Crippen molar-refractivity contribution in [1.29, 1.82) is 0 Å². The van der Waals surface area contributed by atoms with Gasteiger partial charge in [-0.05, 0) is 29.8 Å². The summed E-state index contributed by atoms with van der Waals surface area (Å²) in [5.74, 6) is -1.33. The van der Waals surface area contributed by atoms with Gasteiger partial charge >= 0.3 is 5.97 Å². The van der Waals surface area contributed by atoms with Crippen LogP contribution in [0.5, 0.6) is 0 Å². The Balaban J connectivity index is 2.00. The van der Waals surface area contributed by atoms with E-state index in [2.05, 4.69) is 10.3 Å². The molecule has 0 bridgehead atoms. The number of nitrogens with one attached hydrogen (secondary N) is 1. The summed E-state index contributed by atoms with van der Waals surface area (Å²) >= 11 is 0. The number of aliphatic hydroxyl groups excluding tert-OH is 1. The van der Waals surface area contributed by atoms with Gasteiger partial charge in [-0.2, -0.15) is 0 Å². The van der Waals surface area contributed by atoms with Gasteiger partial charge in [-0.3, -0.25) is 9.78 Å². The van der Waals surface area contributed by atoms with E-state index in [-0.39, 0.29) is 24.6 Å². The van der Waals surface area contributed by atoms with Gasteiger partial charge in [0.25, 0.3) is 5.91 Å². The number of carbonyl (C=O) groups excluding carboxylic acids is 1. The monoisotopic (exact) mass is 286 g/mol. The van der Waals surface area contributed by atoms with Gasteiger partial charge in [0.15, 0.2) is 0 Å². The summed E-state index contributed by atoms with van der Waals surface area (Å²) in [6, 6.07) is 9.36. The highest BCUT2D eigenvalue weighted by molar-refractivity contribution is 5.94. The third-order valence-corrected chi connectivity index (χ3v) is 2.89. The lowest BCUT2D eigenvalue weighted by molar-refractivity contribution is 0.0696. The standard InChI is InChI=1S/C15H14N2O4/c18-9-10-1-3-11(4-2-10)14(19)17-8-13-7-12(15(20)21)5-6-16-13/h1-7,18H,8-9H2,(H,17,19)(H,20,21). The zero-order valence-electron chi connectivity index (χ0n) is 11.1. The number of pyridine rings is 1. The number of hydrogen-bond donors (Lipinski definition) is 3. The van der Waals surface area contributed by atoms with Crippen LogP contribution in [0.4, 0.5) is 0 Å². The number of amides is 1. The van der Waals surface area contributed by atoms with Crippen molar-refractivity contribution in [3.8, 4) is 0 Å². The number of benzene rings is 1. The number of aromatic nitrogens is 1. The number of rotatable bonds is 5. The molecule has 1 aromatic heterocycles. The molecule has 108 valence electrons. The minimum Gasteiger partial charge on any atom is -0.478 e. The fraction of sp³-hybridized carbons (Fsp3) is 0.133. The number of carboxylic acids is 1. The van der Waals surface area contributed by atoms with E-state index in [1.54, 1.807) is 24.3 Å². The lowest BCUT2D eigenvalue weighted by atomic mass is 10.1. The lowest BCUT2D eigenvalue weighted by Gasteiger charge is -2.06. The van der Waals surface area contributed by atoms with Crippen molar-refractivity contribution in [3.05, 3.63) is 65.0 Å². The number of aliphatic hydroxyl groups is 1. The van der Waals surface area contributed by atoms with Gasteiger partial charge in [0.05, 0.1) is 24.4 Å². The molecule has 1 amide bonds. The van der Waals surface area contributed by atoms with Gasteiger partial charge < -0.3 is 15.5 Å². The van der Waals surface area contributed by atoms with Crippen LogP contribution < -0.4 is 5.32 Å². The summed E-state index contributed by atoms with van der Waals surface area (Å²) in [5.41, 5.74) is 1.78. The van der Waals surface area contributed by atoms with E-state index in [0.29, 0.717) is 11.3 Å². The first-order valence-corrected chi connectivity index (χ1v) is 6.26. The topological polar surface area (TPSA) is 99.5 Å². The summed E-state index contributed by atoms with van der Waals surface area (Å²) < 4.78 is 0. The number of carbonyl (C=O) groups is 2. The molecule has 0 aliphatic carbocycles.